The zero-order valence-corrected chi connectivity index (χ0v) is 15.4. The van der Waals surface area contributed by atoms with Gasteiger partial charge in [-0.05, 0) is 42.1 Å². The molecule has 0 radical (unpaired) electrons. The molecular weight excluding hydrogens is 362 g/mol. The summed E-state index contributed by atoms with van der Waals surface area (Å²) >= 11 is 1.50. The molecule has 0 unspecified atom stereocenters. The first-order chi connectivity index (χ1) is 12.0. The Hall–Kier alpha value is -2.23. The van der Waals surface area contributed by atoms with E-state index in [-0.39, 0.29) is 11.4 Å². The zero-order valence-electron chi connectivity index (χ0n) is 13.7. The normalized spacial score (nSPS) is 11.6. The predicted molar refractivity (Wildman–Crippen MR) is 94.2 cm³/mol. The molecule has 0 amide bonds. The van der Waals surface area contributed by atoms with E-state index in [0.29, 0.717) is 24.0 Å². The lowest BCUT2D eigenvalue weighted by Crippen LogP contribution is -2.26. The number of aryl methyl sites for hydroxylation is 1. The van der Waals surface area contributed by atoms with Gasteiger partial charge in [-0.1, -0.05) is 6.07 Å². The second-order valence-corrected chi connectivity index (χ2v) is 7.97. The Balaban J connectivity index is 1.62. The quantitative estimate of drug-likeness (QED) is 0.678. The average molecular weight is 379 g/mol. The maximum absolute atomic E-state index is 12.3. The van der Waals surface area contributed by atoms with E-state index in [9.17, 15) is 8.42 Å². The fraction of sp³-hybridized carbons (Fsp3) is 0.250. The Labute approximate surface area is 149 Å². The van der Waals surface area contributed by atoms with E-state index < -0.39 is 10.0 Å². The van der Waals surface area contributed by atoms with Crippen molar-refractivity contribution in [2.24, 2.45) is 0 Å². The lowest BCUT2D eigenvalue weighted by atomic mass is 10.2. The Kier molecular flexibility index (Phi) is 5.16. The van der Waals surface area contributed by atoms with Gasteiger partial charge >= 0.3 is 0 Å². The third kappa shape index (κ3) is 4.06. The monoisotopic (exact) mass is 379 g/mol. The number of nitrogens with one attached hydrogen (secondary N) is 1. The molecular formula is C16H17N3O4S2. The highest BCUT2D eigenvalue weighted by Gasteiger charge is 2.16. The number of hydrogen-bond acceptors (Lipinski definition) is 7. The van der Waals surface area contributed by atoms with Crippen molar-refractivity contribution < 1.29 is 17.6 Å². The van der Waals surface area contributed by atoms with Crippen LogP contribution in [0.15, 0.2) is 45.0 Å². The first-order valence-electron chi connectivity index (χ1n) is 7.50. The van der Waals surface area contributed by atoms with Crippen LogP contribution in [-0.4, -0.2) is 32.3 Å². The Bertz CT molecular complexity index is 950. The molecule has 0 saturated heterocycles. The lowest BCUT2D eigenvalue weighted by molar-refractivity contribution is 0.411. The van der Waals surface area contributed by atoms with E-state index in [1.165, 1.54) is 17.4 Å². The molecule has 2 aromatic heterocycles. The van der Waals surface area contributed by atoms with Crippen LogP contribution in [0.3, 0.4) is 0 Å². The number of rotatable bonds is 7. The first-order valence-corrected chi connectivity index (χ1v) is 9.86. The predicted octanol–water partition coefficient (Wildman–Crippen LogP) is 2.64. The molecule has 0 aliphatic heterocycles. The van der Waals surface area contributed by atoms with Crippen LogP contribution in [0.1, 0.15) is 11.5 Å². The van der Waals surface area contributed by atoms with Gasteiger partial charge in [0, 0.05) is 13.0 Å². The number of hydrogen-bond donors (Lipinski definition) is 1. The van der Waals surface area contributed by atoms with E-state index in [0.717, 1.165) is 10.4 Å². The summed E-state index contributed by atoms with van der Waals surface area (Å²) in [5.74, 6) is 1.47. The van der Waals surface area contributed by atoms with Crippen molar-refractivity contribution in [3.05, 3.63) is 47.2 Å². The maximum Gasteiger partial charge on any atom is 0.257 e. The standard InChI is InChI=1S/C16H17N3O4S2/c1-11-10-12(5-6-13(11)22-2)25(20,21)17-8-7-15-18-19-16(23-15)14-4-3-9-24-14/h3-6,9-10,17H,7-8H2,1-2H3. The minimum Gasteiger partial charge on any atom is -0.496 e. The summed E-state index contributed by atoms with van der Waals surface area (Å²) in [5, 5.41) is 9.83. The summed E-state index contributed by atoms with van der Waals surface area (Å²) in [4.78, 5) is 1.07. The molecule has 0 aliphatic carbocycles. The summed E-state index contributed by atoms with van der Waals surface area (Å²) in [6, 6.07) is 8.50. The summed E-state index contributed by atoms with van der Waals surface area (Å²) in [6.07, 6.45) is 0.312. The molecule has 25 heavy (non-hydrogen) atoms. The van der Waals surface area contributed by atoms with Crippen molar-refractivity contribution in [1.29, 1.82) is 0 Å². The number of aromatic nitrogens is 2. The minimum absolute atomic E-state index is 0.166. The number of benzene rings is 1. The van der Waals surface area contributed by atoms with Crippen molar-refractivity contribution in [3.63, 3.8) is 0 Å². The van der Waals surface area contributed by atoms with E-state index in [4.69, 9.17) is 9.15 Å². The summed E-state index contributed by atoms with van der Waals surface area (Å²) < 4.78 is 37.9. The molecule has 0 aliphatic rings. The third-order valence-corrected chi connectivity index (χ3v) is 5.82. The van der Waals surface area contributed by atoms with Crippen LogP contribution in [0, 0.1) is 6.92 Å². The van der Waals surface area contributed by atoms with Gasteiger partial charge in [0.25, 0.3) is 5.89 Å². The molecule has 132 valence electrons. The van der Waals surface area contributed by atoms with Gasteiger partial charge in [-0.2, -0.15) is 0 Å². The second kappa shape index (κ2) is 7.34. The maximum atomic E-state index is 12.3. The van der Waals surface area contributed by atoms with Crippen LogP contribution in [0.4, 0.5) is 0 Å². The third-order valence-electron chi connectivity index (χ3n) is 3.51. The molecule has 3 rings (SSSR count). The van der Waals surface area contributed by atoms with Crippen molar-refractivity contribution in [2.45, 2.75) is 18.2 Å². The molecule has 0 bridgehead atoms. The molecule has 0 spiro atoms. The van der Waals surface area contributed by atoms with Gasteiger partial charge in [0.15, 0.2) is 0 Å². The van der Waals surface area contributed by atoms with Crippen molar-refractivity contribution >= 4 is 21.4 Å². The molecule has 7 nitrogen and oxygen atoms in total. The van der Waals surface area contributed by atoms with Crippen LogP contribution in [0.2, 0.25) is 0 Å². The smallest absolute Gasteiger partial charge is 0.257 e. The van der Waals surface area contributed by atoms with Gasteiger partial charge in [0.1, 0.15) is 5.75 Å². The first kappa shape index (κ1) is 17.6. The molecule has 2 heterocycles. The number of sulfonamides is 1. The Morgan fingerprint density at radius 2 is 2.12 bits per heavy atom. The molecule has 1 aromatic carbocycles. The fourth-order valence-electron chi connectivity index (χ4n) is 2.25. The van der Waals surface area contributed by atoms with Crippen LogP contribution >= 0.6 is 11.3 Å². The van der Waals surface area contributed by atoms with Gasteiger partial charge in [0.05, 0.1) is 16.9 Å². The topological polar surface area (TPSA) is 94.3 Å². The average Bonchev–Trinajstić information content (AvgIpc) is 3.26. The van der Waals surface area contributed by atoms with Crippen molar-refractivity contribution in [2.75, 3.05) is 13.7 Å². The van der Waals surface area contributed by atoms with E-state index >= 15 is 0 Å². The van der Waals surface area contributed by atoms with E-state index in [1.807, 2.05) is 17.5 Å². The highest BCUT2D eigenvalue weighted by Crippen LogP contribution is 2.23. The van der Waals surface area contributed by atoms with Crippen LogP contribution in [0.5, 0.6) is 5.75 Å². The molecule has 0 saturated carbocycles. The van der Waals surface area contributed by atoms with Gasteiger partial charge < -0.3 is 9.15 Å². The van der Waals surface area contributed by atoms with Crippen LogP contribution in [-0.2, 0) is 16.4 Å². The van der Waals surface area contributed by atoms with Crippen molar-refractivity contribution in [3.8, 4) is 16.5 Å². The largest absolute Gasteiger partial charge is 0.496 e. The summed E-state index contributed by atoms with van der Waals surface area (Å²) in [5.41, 5.74) is 0.753. The second-order valence-electron chi connectivity index (χ2n) is 5.26. The van der Waals surface area contributed by atoms with Gasteiger partial charge in [0.2, 0.25) is 15.9 Å². The summed E-state index contributed by atoms with van der Waals surface area (Å²) in [7, 11) is -2.06. The van der Waals surface area contributed by atoms with Crippen LogP contribution < -0.4 is 9.46 Å². The number of thiophene rings is 1. The molecule has 0 atom stereocenters. The highest BCUT2D eigenvalue weighted by atomic mass is 32.2. The molecule has 3 aromatic rings. The van der Waals surface area contributed by atoms with Crippen LogP contribution in [0.25, 0.3) is 10.8 Å². The molecule has 9 heteroatoms. The van der Waals surface area contributed by atoms with Crippen molar-refractivity contribution in [1.82, 2.24) is 14.9 Å². The molecule has 1 N–H and O–H groups in total. The van der Waals surface area contributed by atoms with E-state index in [1.54, 1.807) is 26.2 Å². The fourth-order valence-corrected chi connectivity index (χ4v) is 4.01. The highest BCUT2D eigenvalue weighted by molar-refractivity contribution is 7.89. The Morgan fingerprint density at radius 3 is 2.80 bits per heavy atom. The number of nitrogens with zero attached hydrogens (tertiary/aromatic N) is 2. The Morgan fingerprint density at radius 1 is 1.28 bits per heavy atom. The number of methoxy groups -OCH3 is 1. The van der Waals surface area contributed by atoms with E-state index in [2.05, 4.69) is 14.9 Å². The SMILES string of the molecule is COc1ccc(S(=O)(=O)NCCc2nnc(-c3cccs3)o2)cc1C. The lowest BCUT2D eigenvalue weighted by Gasteiger charge is -2.09. The van der Waals surface area contributed by atoms with Gasteiger partial charge in [-0.15, -0.1) is 21.5 Å². The number of ether oxygens (including phenoxy) is 1. The zero-order chi connectivity index (χ0) is 17.9. The summed E-state index contributed by atoms with van der Waals surface area (Å²) in [6.45, 7) is 1.96. The van der Waals surface area contributed by atoms with Gasteiger partial charge in [-0.25, -0.2) is 13.1 Å². The van der Waals surface area contributed by atoms with Gasteiger partial charge in [-0.3, -0.25) is 0 Å². The molecule has 0 fully saturated rings. The minimum atomic E-state index is -3.61.